The Hall–Kier alpha value is -0.940. The molecule has 9 atom stereocenters. The van der Waals surface area contributed by atoms with Crippen LogP contribution < -0.4 is 0 Å². The summed E-state index contributed by atoms with van der Waals surface area (Å²) >= 11 is 0. The number of rotatable bonds is 16. The molecule has 0 amide bonds. The lowest BCUT2D eigenvalue weighted by Gasteiger charge is -2.48. The highest BCUT2D eigenvalue weighted by atomic mass is 16.6. The van der Waals surface area contributed by atoms with E-state index >= 15 is 0 Å². The molecule has 3 N–H and O–H groups in total. The molecule has 2 aliphatic carbocycles. The van der Waals surface area contributed by atoms with Gasteiger partial charge in [-0.05, 0) is 76.0 Å². The number of epoxide rings is 1. The summed E-state index contributed by atoms with van der Waals surface area (Å²) in [6.07, 6.45) is 25.0. The van der Waals surface area contributed by atoms with Crippen molar-refractivity contribution in [2.24, 2.45) is 34.5 Å². The van der Waals surface area contributed by atoms with Crippen LogP contribution >= 0.6 is 0 Å². The molecule has 1 heterocycles. The molecular formula is C40H70O4. The second-order valence-corrected chi connectivity index (χ2v) is 17.5. The fraction of sp³-hybridized carbons (Fsp3) is 0.850. The standard InChI is InChI=1S/C40H70O4/c1-29(17-13-19-31(3)21-22-35-36(5,6)25-33(41)27-38(35,9)43)15-11-12-16-30(2)18-14-20-32(4)23-24-40-37(7,8)26-34(42)28-39(40,10)44-40/h19,21-24,29-30,32-35,41-43H,11-18,20,25-28H2,1-10H3/b22-21?,24-23+,31-19+/t29?,30?,32?,33-,34-,35?,38+,39+,40-/m0/s1. The molecule has 4 heteroatoms. The third kappa shape index (κ3) is 9.55. The molecule has 0 spiro atoms. The molecule has 254 valence electrons. The molecule has 4 unspecified atom stereocenters. The fourth-order valence-electron chi connectivity index (χ4n) is 9.17. The number of aliphatic hydroxyl groups excluding tert-OH is 2. The van der Waals surface area contributed by atoms with E-state index in [0.717, 1.165) is 37.5 Å². The molecule has 4 nitrogen and oxygen atoms in total. The first-order valence-electron chi connectivity index (χ1n) is 18.2. The molecule has 1 saturated heterocycles. The van der Waals surface area contributed by atoms with Crippen molar-refractivity contribution < 1.29 is 20.1 Å². The van der Waals surface area contributed by atoms with Crippen molar-refractivity contribution in [3.63, 3.8) is 0 Å². The SMILES string of the molecule is C/C(C=CC1C(C)(C)C[C@H](O)C[C@@]1(C)O)=C\CCC(C)CCCCC(C)CCCC(C)/C=C/[C@@]12O[C@]1(C)C[C@@H](O)CC2(C)C. The van der Waals surface area contributed by atoms with Crippen molar-refractivity contribution in [3.8, 4) is 0 Å². The van der Waals surface area contributed by atoms with Crippen molar-refractivity contribution in [2.45, 2.75) is 182 Å². The Kier molecular flexibility index (Phi) is 12.7. The number of fused-ring (bicyclic) bond motifs is 1. The maximum atomic E-state index is 11.0. The van der Waals surface area contributed by atoms with E-state index in [4.69, 9.17) is 4.74 Å². The van der Waals surface area contributed by atoms with Gasteiger partial charge < -0.3 is 20.1 Å². The van der Waals surface area contributed by atoms with Crippen LogP contribution in [0.25, 0.3) is 0 Å². The van der Waals surface area contributed by atoms with Gasteiger partial charge in [-0.2, -0.15) is 0 Å². The van der Waals surface area contributed by atoms with Gasteiger partial charge in [-0.1, -0.05) is 123 Å². The molecule has 3 fully saturated rings. The Morgan fingerprint density at radius 3 is 2.00 bits per heavy atom. The number of ether oxygens (including phenoxy) is 1. The molecule has 0 aromatic heterocycles. The van der Waals surface area contributed by atoms with Gasteiger partial charge in [-0.3, -0.25) is 0 Å². The number of allylic oxidation sites excluding steroid dienone is 4. The molecule has 3 aliphatic rings. The Morgan fingerprint density at radius 1 is 0.795 bits per heavy atom. The highest BCUT2D eigenvalue weighted by Gasteiger charge is 2.74. The van der Waals surface area contributed by atoms with E-state index in [9.17, 15) is 15.3 Å². The van der Waals surface area contributed by atoms with Gasteiger partial charge in [-0.25, -0.2) is 0 Å². The Labute approximate surface area is 271 Å². The molecule has 0 radical (unpaired) electrons. The zero-order valence-electron chi connectivity index (χ0n) is 30.3. The topological polar surface area (TPSA) is 73.2 Å². The maximum absolute atomic E-state index is 11.0. The van der Waals surface area contributed by atoms with E-state index in [1.54, 1.807) is 0 Å². The van der Waals surface area contributed by atoms with Crippen molar-refractivity contribution in [1.82, 2.24) is 0 Å². The normalized spacial score (nSPS) is 37.2. The minimum atomic E-state index is -0.868. The van der Waals surface area contributed by atoms with Crippen LogP contribution in [-0.2, 0) is 4.74 Å². The van der Waals surface area contributed by atoms with E-state index in [2.05, 4.69) is 92.7 Å². The fourth-order valence-corrected chi connectivity index (χ4v) is 9.17. The van der Waals surface area contributed by atoms with Crippen LogP contribution in [0.3, 0.4) is 0 Å². The monoisotopic (exact) mass is 615 g/mol. The molecule has 44 heavy (non-hydrogen) atoms. The minimum absolute atomic E-state index is 0.0306. The van der Waals surface area contributed by atoms with Gasteiger partial charge in [0.1, 0.15) is 11.2 Å². The largest absolute Gasteiger partial charge is 0.393 e. The lowest BCUT2D eigenvalue weighted by atomic mass is 9.61. The summed E-state index contributed by atoms with van der Waals surface area (Å²) in [5.41, 5.74) is -0.154. The van der Waals surface area contributed by atoms with Crippen LogP contribution in [0, 0.1) is 34.5 Å². The Balaban J connectivity index is 1.27. The summed E-state index contributed by atoms with van der Waals surface area (Å²) < 4.78 is 6.31. The second-order valence-electron chi connectivity index (χ2n) is 17.5. The molecular weight excluding hydrogens is 544 g/mol. The third-order valence-electron chi connectivity index (χ3n) is 11.8. The van der Waals surface area contributed by atoms with E-state index in [-0.39, 0.29) is 34.1 Å². The Bertz CT molecular complexity index is 987. The predicted octanol–water partition coefficient (Wildman–Crippen LogP) is 9.72. The van der Waals surface area contributed by atoms with Crippen LogP contribution in [0.1, 0.15) is 153 Å². The third-order valence-corrected chi connectivity index (χ3v) is 11.8. The quantitative estimate of drug-likeness (QED) is 0.0700. The zero-order valence-corrected chi connectivity index (χ0v) is 30.3. The zero-order chi connectivity index (χ0) is 33.0. The van der Waals surface area contributed by atoms with Crippen LogP contribution in [0.4, 0.5) is 0 Å². The second kappa shape index (κ2) is 14.9. The van der Waals surface area contributed by atoms with Gasteiger partial charge in [0.15, 0.2) is 0 Å². The van der Waals surface area contributed by atoms with Crippen LogP contribution in [0.15, 0.2) is 36.0 Å². The van der Waals surface area contributed by atoms with E-state index in [1.807, 2.05) is 6.92 Å². The first kappa shape index (κ1) is 37.5. The average Bonchev–Trinajstić information content (AvgIpc) is 3.49. The van der Waals surface area contributed by atoms with Crippen molar-refractivity contribution >= 4 is 0 Å². The summed E-state index contributed by atoms with van der Waals surface area (Å²) in [5, 5.41) is 31.4. The van der Waals surface area contributed by atoms with Crippen molar-refractivity contribution in [1.29, 1.82) is 0 Å². The summed E-state index contributed by atoms with van der Waals surface area (Å²) in [6, 6.07) is 0. The number of unbranched alkanes of at least 4 members (excludes halogenated alkanes) is 1. The van der Waals surface area contributed by atoms with Crippen molar-refractivity contribution in [2.75, 3.05) is 0 Å². The van der Waals surface area contributed by atoms with Gasteiger partial charge in [0.25, 0.3) is 0 Å². The first-order chi connectivity index (χ1) is 20.3. The van der Waals surface area contributed by atoms with Gasteiger partial charge in [0.2, 0.25) is 0 Å². The molecule has 0 bridgehead atoms. The summed E-state index contributed by atoms with van der Waals surface area (Å²) in [4.78, 5) is 0. The average molecular weight is 615 g/mol. The summed E-state index contributed by atoms with van der Waals surface area (Å²) in [7, 11) is 0. The highest BCUT2D eigenvalue weighted by molar-refractivity contribution is 5.32. The van der Waals surface area contributed by atoms with Gasteiger partial charge in [0.05, 0.1) is 17.8 Å². The van der Waals surface area contributed by atoms with Gasteiger partial charge in [0, 0.05) is 24.2 Å². The lowest BCUT2D eigenvalue weighted by Crippen LogP contribution is -2.50. The van der Waals surface area contributed by atoms with Crippen LogP contribution in [0.5, 0.6) is 0 Å². The lowest BCUT2D eigenvalue weighted by molar-refractivity contribution is -0.111. The van der Waals surface area contributed by atoms with Crippen molar-refractivity contribution in [3.05, 3.63) is 36.0 Å². The first-order valence-corrected chi connectivity index (χ1v) is 18.2. The van der Waals surface area contributed by atoms with Gasteiger partial charge in [-0.15, -0.1) is 0 Å². The highest BCUT2D eigenvalue weighted by Crippen LogP contribution is 2.66. The smallest absolute Gasteiger partial charge is 0.121 e. The van der Waals surface area contributed by atoms with E-state index < -0.39 is 11.7 Å². The predicted molar refractivity (Wildman–Crippen MR) is 185 cm³/mol. The van der Waals surface area contributed by atoms with Gasteiger partial charge >= 0.3 is 0 Å². The maximum Gasteiger partial charge on any atom is 0.121 e. The molecule has 3 rings (SSSR count). The number of hydrogen-bond acceptors (Lipinski definition) is 4. The number of hydrogen-bond donors (Lipinski definition) is 3. The molecule has 0 aromatic rings. The minimum Gasteiger partial charge on any atom is -0.393 e. The van der Waals surface area contributed by atoms with Crippen LogP contribution in [-0.4, -0.2) is 44.3 Å². The number of aliphatic hydroxyl groups is 3. The molecule has 1 aliphatic heterocycles. The summed E-state index contributed by atoms with van der Waals surface area (Å²) in [6.45, 7) is 22.2. The molecule has 2 saturated carbocycles. The van der Waals surface area contributed by atoms with Crippen LogP contribution in [0.2, 0.25) is 0 Å². The summed E-state index contributed by atoms with van der Waals surface area (Å²) in [5.74, 6) is 2.15. The molecule has 0 aromatic carbocycles. The van der Waals surface area contributed by atoms with E-state index in [1.165, 1.54) is 56.9 Å². The van der Waals surface area contributed by atoms with E-state index in [0.29, 0.717) is 12.3 Å². The Morgan fingerprint density at radius 2 is 1.39 bits per heavy atom.